The van der Waals surface area contributed by atoms with Crippen molar-refractivity contribution in [3.63, 3.8) is 0 Å². The number of amides is 1. The number of aryl methyl sites for hydroxylation is 1. The maximum absolute atomic E-state index is 13.6. The molecule has 1 aliphatic rings. The van der Waals surface area contributed by atoms with Crippen molar-refractivity contribution >= 4 is 5.91 Å². The number of ether oxygens (including phenoxy) is 1. The van der Waals surface area contributed by atoms with Crippen molar-refractivity contribution < 1.29 is 18.3 Å². The lowest BCUT2D eigenvalue weighted by atomic mass is 10.1. The topological polar surface area (TPSA) is 55.6 Å². The summed E-state index contributed by atoms with van der Waals surface area (Å²) < 4.78 is 32.6. The predicted molar refractivity (Wildman–Crippen MR) is 94.8 cm³/mol. The molecule has 0 bridgehead atoms. The Morgan fingerprint density at radius 3 is 2.81 bits per heavy atom. The standard InChI is InChI=1S/C20H22F2N2O2/c1-13-7-18(26-12-14-3-2-4-16(21)8-14)6-5-15(13)10-24-11-17(22)9-19(24)20(23)25/h2-8,17,19H,9-12H2,1H3,(H2,23,25)/t17-,19-/m0/s1. The third kappa shape index (κ3) is 4.38. The highest BCUT2D eigenvalue weighted by atomic mass is 19.1. The highest BCUT2D eigenvalue weighted by Crippen LogP contribution is 2.25. The number of likely N-dealkylation sites (tertiary alicyclic amines) is 1. The van der Waals surface area contributed by atoms with Crippen LogP contribution in [0.1, 0.15) is 23.1 Å². The molecule has 2 aromatic rings. The highest BCUT2D eigenvalue weighted by molar-refractivity contribution is 5.80. The molecule has 1 heterocycles. The molecule has 6 heteroatoms. The summed E-state index contributed by atoms with van der Waals surface area (Å²) >= 11 is 0. The van der Waals surface area contributed by atoms with Crippen LogP contribution in [0.5, 0.6) is 5.75 Å². The molecule has 1 saturated heterocycles. The number of nitrogens with zero attached hydrogens (tertiary/aromatic N) is 1. The summed E-state index contributed by atoms with van der Waals surface area (Å²) in [6.45, 7) is 2.89. The molecular formula is C20H22F2N2O2. The Bertz CT molecular complexity index is 797. The predicted octanol–water partition coefficient (Wildman–Crippen LogP) is 3.11. The van der Waals surface area contributed by atoms with Crippen LogP contribution in [0.15, 0.2) is 42.5 Å². The van der Waals surface area contributed by atoms with E-state index in [0.29, 0.717) is 12.3 Å². The minimum atomic E-state index is -1.03. The summed E-state index contributed by atoms with van der Waals surface area (Å²) in [5, 5.41) is 0. The summed E-state index contributed by atoms with van der Waals surface area (Å²) in [4.78, 5) is 13.3. The van der Waals surface area contributed by atoms with Gasteiger partial charge < -0.3 is 10.5 Å². The number of carbonyl (C=O) groups is 1. The lowest BCUT2D eigenvalue weighted by molar-refractivity contribution is -0.122. The molecule has 0 spiro atoms. The van der Waals surface area contributed by atoms with Gasteiger partial charge in [-0.15, -0.1) is 0 Å². The lowest BCUT2D eigenvalue weighted by Crippen LogP contribution is -2.39. The molecule has 138 valence electrons. The van der Waals surface area contributed by atoms with Gasteiger partial charge in [0.05, 0.1) is 6.04 Å². The highest BCUT2D eigenvalue weighted by Gasteiger charge is 2.35. The van der Waals surface area contributed by atoms with Crippen LogP contribution >= 0.6 is 0 Å². The number of benzene rings is 2. The van der Waals surface area contributed by atoms with E-state index in [4.69, 9.17) is 10.5 Å². The van der Waals surface area contributed by atoms with E-state index in [1.54, 1.807) is 17.0 Å². The van der Waals surface area contributed by atoms with E-state index in [-0.39, 0.29) is 25.4 Å². The molecule has 1 amide bonds. The third-order valence-electron chi connectivity index (χ3n) is 4.66. The molecule has 4 nitrogen and oxygen atoms in total. The van der Waals surface area contributed by atoms with Crippen molar-refractivity contribution in [2.45, 2.75) is 38.7 Å². The van der Waals surface area contributed by atoms with Gasteiger partial charge in [-0.3, -0.25) is 9.69 Å². The number of alkyl halides is 1. The van der Waals surface area contributed by atoms with Crippen molar-refractivity contribution in [1.82, 2.24) is 4.90 Å². The Hall–Kier alpha value is -2.47. The zero-order valence-electron chi connectivity index (χ0n) is 14.6. The van der Waals surface area contributed by atoms with Crippen molar-refractivity contribution in [1.29, 1.82) is 0 Å². The number of primary amides is 1. The van der Waals surface area contributed by atoms with E-state index in [1.807, 2.05) is 25.1 Å². The van der Waals surface area contributed by atoms with Crippen molar-refractivity contribution in [3.8, 4) is 5.75 Å². The fourth-order valence-electron chi connectivity index (χ4n) is 3.27. The van der Waals surface area contributed by atoms with E-state index >= 15 is 0 Å². The molecule has 0 radical (unpaired) electrons. The first-order valence-electron chi connectivity index (χ1n) is 8.56. The van der Waals surface area contributed by atoms with Gasteiger partial charge in [0, 0.05) is 19.5 Å². The average molecular weight is 360 g/mol. The normalized spacial score (nSPS) is 20.3. The van der Waals surface area contributed by atoms with E-state index in [2.05, 4.69) is 0 Å². The van der Waals surface area contributed by atoms with E-state index in [0.717, 1.165) is 16.7 Å². The number of carbonyl (C=O) groups excluding carboxylic acids is 1. The van der Waals surface area contributed by atoms with Gasteiger partial charge in [0.1, 0.15) is 24.3 Å². The zero-order chi connectivity index (χ0) is 18.7. The van der Waals surface area contributed by atoms with Gasteiger partial charge in [-0.2, -0.15) is 0 Å². The Kier molecular flexibility index (Phi) is 5.52. The molecule has 1 fully saturated rings. The quantitative estimate of drug-likeness (QED) is 0.861. The van der Waals surface area contributed by atoms with Crippen LogP contribution in [0, 0.1) is 12.7 Å². The zero-order valence-corrected chi connectivity index (χ0v) is 14.6. The maximum Gasteiger partial charge on any atom is 0.234 e. The molecule has 2 atom stereocenters. The van der Waals surface area contributed by atoms with Crippen LogP contribution in [0.4, 0.5) is 8.78 Å². The van der Waals surface area contributed by atoms with Crippen LogP contribution in [-0.2, 0) is 17.9 Å². The van der Waals surface area contributed by atoms with Gasteiger partial charge in [0.2, 0.25) is 5.91 Å². The second-order valence-corrected chi connectivity index (χ2v) is 6.69. The molecule has 0 unspecified atom stereocenters. The van der Waals surface area contributed by atoms with Gasteiger partial charge in [0.25, 0.3) is 0 Å². The fourth-order valence-corrected chi connectivity index (χ4v) is 3.27. The van der Waals surface area contributed by atoms with E-state index < -0.39 is 18.1 Å². The summed E-state index contributed by atoms with van der Waals surface area (Å²) in [5.74, 6) is -0.108. The van der Waals surface area contributed by atoms with Crippen LogP contribution < -0.4 is 10.5 Å². The van der Waals surface area contributed by atoms with Crippen LogP contribution in [0.2, 0.25) is 0 Å². The van der Waals surface area contributed by atoms with Gasteiger partial charge in [-0.1, -0.05) is 18.2 Å². The minimum absolute atomic E-state index is 0.156. The van der Waals surface area contributed by atoms with Crippen LogP contribution in [0.3, 0.4) is 0 Å². The molecule has 3 rings (SSSR count). The van der Waals surface area contributed by atoms with Gasteiger partial charge in [-0.05, 0) is 47.9 Å². The van der Waals surface area contributed by atoms with Crippen molar-refractivity contribution in [2.75, 3.05) is 6.54 Å². The van der Waals surface area contributed by atoms with E-state index in [9.17, 15) is 13.6 Å². The van der Waals surface area contributed by atoms with Crippen LogP contribution in [-0.4, -0.2) is 29.6 Å². The summed E-state index contributed by atoms with van der Waals surface area (Å²) in [6.07, 6.45) is -0.870. The SMILES string of the molecule is Cc1cc(OCc2cccc(F)c2)ccc1CN1C[C@@H](F)C[C@H]1C(N)=O. The Labute approximate surface area is 151 Å². The molecule has 26 heavy (non-hydrogen) atoms. The summed E-state index contributed by atoms with van der Waals surface area (Å²) in [6, 6.07) is 11.3. The third-order valence-corrected chi connectivity index (χ3v) is 4.66. The second-order valence-electron chi connectivity index (χ2n) is 6.69. The average Bonchev–Trinajstić information content (AvgIpc) is 2.96. The van der Waals surface area contributed by atoms with Gasteiger partial charge in [-0.25, -0.2) is 8.78 Å². The summed E-state index contributed by atoms with van der Waals surface area (Å²) in [7, 11) is 0. The monoisotopic (exact) mass is 360 g/mol. The molecular weight excluding hydrogens is 338 g/mol. The number of halogens is 2. The molecule has 0 aliphatic carbocycles. The number of rotatable bonds is 6. The van der Waals surface area contributed by atoms with Crippen LogP contribution in [0.25, 0.3) is 0 Å². The first kappa shape index (κ1) is 18.3. The lowest BCUT2D eigenvalue weighted by Gasteiger charge is -2.22. The minimum Gasteiger partial charge on any atom is -0.489 e. The first-order chi connectivity index (χ1) is 12.4. The van der Waals surface area contributed by atoms with Crippen molar-refractivity contribution in [3.05, 3.63) is 65.0 Å². The number of hydrogen-bond donors (Lipinski definition) is 1. The Morgan fingerprint density at radius 2 is 2.12 bits per heavy atom. The van der Waals surface area contributed by atoms with Gasteiger partial charge >= 0.3 is 0 Å². The first-order valence-corrected chi connectivity index (χ1v) is 8.56. The smallest absolute Gasteiger partial charge is 0.234 e. The molecule has 0 aromatic heterocycles. The number of hydrogen-bond acceptors (Lipinski definition) is 3. The largest absolute Gasteiger partial charge is 0.489 e. The number of nitrogens with two attached hydrogens (primary N) is 1. The van der Waals surface area contributed by atoms with E-state index in [1.165, 1.54) is 12.1 Å². The fraction of sp³-hybridized carbons (Fsp3) is 0.350. The second kappa shape index (κ2) is 7.83. The maximum atomic E-state index is 13.6. The van der Waals surface area contributed by atoms with Gasteiger partial charge in [0.15, 0.2) is 0 Å². The molecule has 2 aromatic carbocycles. The Morgan fingerprint density at radius 1 is 1.31 bits per heavy atom. The summed E-state index contributed by atoms with van der Waals surface area (Å²) in [5.41, 5.74) is 8.10. The molecule has 1 aliphatic heterocycles. The molecule has 0 saturated carbocycles. The Balaban J connectivity index is 1.65. The molecule has 2 N–H and O–H groups in total. The van der Waals surface area contributed by atoms with Crippen molar-refractivity contribution in [2.24, 2.45) is 5.73 Å².